The second-order valence-electron chi connectivity index (χ2n) is 3.57. The fourth-order valence-corrected chi connectivity index (χ4v) is 1.29. The van der Waals surface area contributed by atoms with Gasteiger partial charge in [-0.2, -0.15) is 0 Å². The molecular formula is C12H22O. The Bertz CT molecular complexity index is 147. The number of carbonyl (C=O) groups excluding carboxylic acids is 1. The SMILES string of the molecule is CCCCCCCC/C=C/C(C)=O. The van der Waals surface area contributed by atoms with E-state index in [4.69, 9.17) is 0 Å². The summed E-state index contributed by atoms with van der Waals surface area (Å²) in [6.07, 6.45) is 12.7. The van der Waals surface area contributed by atoms with Crippen molar-refractivity contribution < 1.29 is 4.79 Å². The van der Waals surface area contributed by atoms with Crippen LogP contribution in [-0.4, -0.2) is 5.78 Å². The summed E-state index contributed by atoms with van der Waals surface area (Å²) in [5.41, 5.74) is 0. The third kappa shape index (κ3) is 11.4. The van der Waals surface area contributed by atoms with E-state index in [1.165, 1.54) is 38.5 Å². The van der Waals surface area contributed by atoms with Gasteiger partial charge < -0.3 is 0 Å². The Morgan fingerprint density at radius 3 is 2.31 bits per heavy atom. The molecule has 0 aliphatic heterocycles. The predicted molar refractivity (Wildman–Crippen MR) is 57.8 cm³/mol. The summed E-state index contributed by atoms with van der Waals surface area (Å²) in [5, 5.41) is 0. The van der Waals surface area contributed by atoms with Crippen molar-refractivity contribution in [2.24, 2.45) is 0 Å². The minimum atomic E-state index is 0.158. The number of allylic oxidation sites excluding steroid dienone is 2. The van der Waals surface area contributed by atoms with Gasteiger partial charge in [-0.1, -0.05) is 45.1 Å². The summed E-state index contributed by atoms with van der Waals surface area (Å²) in [5.74, 6) is 0.158. The lowest BCUT2D eigenvalue weighted by molar-refractivity contribution is -0.112. The molecule has 0 radical (unpaired) electrons. The van der Waals surface area contributed by atoms with E-state index in [1.807, 2.05) is 6.08 Å². The summed E-state index contributed by atoms with van der Waals surface area (Å²) >= 11 is 0. The number of hydrogen-bond acceptors (Lipinski definition) is 1. The topological polar surface area (TPSA) is 17.1 Å². The average Bonchev–Trinajstić information content (AvgIpc) is 2.09. The highest BCUT2D eigenvalue weighted by Gasteiger charge is 1.88. The molecule has 0 aromatic rings. The zero-order chi connectivity index (χ0) is 9.94. The summed E-state index contributed by atoms with van der Waals surface area (Å²) in [6.45, 7) is 3.83. The van der Waals surface area contributed by atoms with Crippen molar-refractivity contribution in [1.82, 2.24) is 0 Å². The van der Waals surface area contributed by atoms with Crippen molar-refractivity contribution in [1.29, 1.82) is 0 Å². The van der Waals surface area contributed by atoms with Crippen LogP contribution < -0.4 is 0 Å². The molecule has 0 N–H and O–H groups in total. The maximum absolute atomic E-state index is 10.5. The molecule has 13 heavy (non-hydrogen) atoms. The predicted octanol–water partition coefficient (Wildman–Crippen LogP) is 3.88. The second-order valence-corrected chi connectivity index (χ2v) is 3.57. The molecule has 0 atom stereocenters. The van der Waals surface area contributed by atoms with Crippen LogP contribution in [0.4, 0.5) is 0 Å². The Hall–Kier alpha value is -0.590. The van der Waals surface area contributed by atoms with Crippen molar-refractivity contribution >= 4 is 5.78 Å². The van der Waals surface area contributed by atoms with Crippen LogP contribution in [0.2, 0.25) is 0 Å². The van der Waals surface area contributed by atoms with E-state index in [0.29, 0.717) is 0 Å². The third-order valence-corrected chi connectivity index (χ3v) is 2.08. The molecule has 0 aromatic heterocycles. The van der Waals surface area contributed by atoms with E-state index in [-0.39, 0.29) is 5.78 Å². The molecule has 0 spiro atoms. The van der Waals surface area contributed by atoms with Gasteiger partial charge in [-0.15, -0.1) is 0 Å². The lowest BCUT2D eigenvalue weighted by Gasteiger charge is -1.97. The Labute approximate surface area is 82.2 Å². The normalized spacial score (nSPS) is 10.9. The van der Waals surface area contributed by atoms with Gasteiger partial charge >= 0.3 is 0 Å². The van der Waals surface area contributed by atoms with Gasteiger partial charge in [0.15, 0.2) is 5.78 Å². The first-order chi connectivity index (χ1) is 6.27. The van der Waals surface area contributed by atoms with Crippen LogP contribution in [0.5, 0.6) is 0 Å². The van der Waals surface area contributed by atoms with Crippen LogP contribution in [0.3, 0.4) is 0 Å². The maximum atomic E-state index is 10.5. The first-order valence-corrected chi connectivity index (χ1v) is 5.44. The van der Waals surface area contributed by atoms with Crippen molar-refractivity contribution in [3.63, 3.8) is 0 Å². The van der Waals surface area contributed by atoms with E-state index in [9.17, 15) is 4.79 Å². The summed E-state index contributed by atoms with van der Waals surface area (Å²) < 4.78 is 0. The van der Waals surface area contributed by atoms with E-state index in [1.54, 1.807) is 13.0 Å². The van der Waals surface area contributed by atoms with Gasteiger partial charge in [0.1, 0.15) is 0 Å². The molecule has 0 amide bonds. The number of ketones is 1. The molecule has 1 nitrogen and oxygen atoms in total. The van der Waals surface area contributed by atoms with Crippen molar-refractivity contribution in [2.45, 2.75) is 58.8 Å². The molecule has 0 heterocycles. The molecule has 0 fully saturated rings. The van der Waals surface area contributed by atoms with Gasteiger partial charge in [0.25, 0.3) is 0 Å². The minimum Gasteiger partial charge on any atom is -0.295 e. The van der Waals surface area contributed by atoms with E-state index in [2.05, 4.69) is 6.92 Å². The lowest BCUT2D eigenvalue weighted by atomic mass is 10.1. The highest BCUT2D eigenvalue weighted by Crippen LogP contribution is 2.06. The van der Waals surface area contributed by atoms with E-state index >= 15 is 0 Å². The molecular weight excluding hydrogens is 160 g/mol. The van der Waals surface area contributed by atoms with Crippen LogP contribution in [0.15, 0.2) is 12.2 Å². The number of hydrogen-bond donors (Lipinski definition) is 0. The smallest absolute Gasteiger partial charge is 0.152 e. The van der Waals surface area contributed by atoms with Gasteiger partial charge in [0, 0.05) is 0 Å². The molecule has 0 aromatic carbocycles. The van der Waals surface area contributed by atoms with E-state index < -0.39 is 0 Å². The highest BCUT2D eigenvalue weighted by molar-refractivity contribution is 5.87. The Morgan fingerprint density at radius 2 is 1.69 bits per heavy atom. The second kappa shape index (κ2) is 9.50. The fourth-order valence-electron chi connectivity index (χ4n) is 1.29. The zero-order valence-corrected chi connectivity index (χ0v) is 9.01. The molecule has 0 aliphatic rings. The lowest BCUT2D eigenvalue weighted by Crippen LogP contribution is -1.81. The molecule has 76 valence electrons. The largest absolute Gasteiger partial charge is 0.295 e. The Kier molecular flexibility index (Phi) is 9.07. The van der Waals surface area contributed by atoms with Crippen LogP contribution >= 0.6 is 0 Å². The number of carbonyl (C=O) groups is 1. The number of rotatable bonds is 8. The van der Waals surface area contributed by atoms with Gasteiger partial charge in [-0.3, -0.25) is 4.79 Å². The molecule has 0 unspecified atom stereocenters. The van der Waals surface area contributed by atoms with Gasteiger partial charge in [-0.25, -0.2) is 0 Å². The minimum absolute atomic E-state index is 0.158. The Morgan fingerprint density at radius 1 is 1.08 bits per heavy atom. The van der Waals surface area contributed by atoms with Crippen LogP contribution in [0, 0.1) is 0 Å². The van der Waals surface area contributed by atoms with Gasteiger partial charge in [0.05, 0.1) is 0 Å². The van der Waals surface area contributed by atoms with Crippen molar-refractivity contribution in [2.75, 3.05) is 0 Å². The Balaban J connectivity index is 3.03. The van der Waals surface area contributed by atoms with Crippen LogP contribution in [0.1, 0.15) is 58.8 Å². The van der Waals surface area contributed by atoms with Crippen molar-refractivity contribution in [3.8, 4) is 0 Å². The fraction of sp³-hybridized carbons (Fsp3) is 0.750. The molecule has 1 heteroatoms. The quantitative estimate of drug-likeness (QED) is 0.411. The standard InChI is InChI=1S/C12H22O/c1-3-4-5-6-7-8-9-10-11-12(2)13/h10-11H,3-9H2,1-2H3/b11-10+. The monoisotopic (exact) mass is 182 g/mol. The maximum Gasteiger partial charge on any atom is 0.152 e. The van der Waals surface area contributed by atoms with Crippen LogP contribution in [0.25, 0.3) is 0 Å². The average molecular weight is 182 g/mol. The van der Waals surface area contributed by atoms with Gasteiger partial charge in [-0.05, 0) is 25.8 Å². The summed E-state index contributed by atoms with van der Waals surface area (Å²) in [7, 11) is 0. The molecule has 0 rings (SSSR count). The third-order valence-electron chi connectivity index (χ3n) is 2.08. The van der Waals surface area contributed by atoms with E-state index in [0.717, 1.165) is 6.42 Å². The first kappa shape index (κ1) is 12.4. The first-order valence-electron chi connectivity index (χ1n) is 5.44. The van der Waals surface area contributed by atoms with Gasteiger partial charge in [0.2, 0.25) is 0 Å². The van der Waals surface area contributed by atoms with Crippen molar-refractivity contribution in [3.05, 3.63) is 12.2 Å². The van der Waals surface area contributed by atoms with Crippen LogP contribution in [-0.2, 0) is 4.79 Å². The summed E-state index contributed by atoms with van der Waals surface area (Å²) in [4.78, 5) is 10.5. The number of unbranched alkanes of at least 4 members (excludes halogenated alkanes) is 6. The molecule has 0 saturated heterocycles. The molecule has 0 aliphatic carbocycles. The molecule has 0 bridgehead atoms. The zero-order valence-electron chi connectivity index (χ0n) is 9.01. The highest BCUT2D eigenvalue weighted by atomic mass is 16.1. The summed E-state index contributed by atoms with van der Waals surface area (Å²) in [6, 6.07) is 0. The molecule has 0 saturated carbocycles.